The first-order valence-electron chi connectivity index (χ1n) is 11.6. The Hall–Kier alpha value is -4.13. The molecule has 34 heavy (non-hydrogen) atoms. The third kappa shape index (κ3) is 4.64. The van der Waals surface area contributed by atoms with Crippen LogP contribution in [-0.2, 0) is 6.42 Å². The average molecular weight is 454 g/mol. The monoisotopic (exact) mass is 453 g/mol. The van der Waals surface area contributed by atoms with Crippen molar-refractivity contribution < 1.29 is 9.59 Å². The zero-order chi connectivity index (χ0) is 23.3. The van der Waals surface area contributed by atoms with Crippen molar-refractivity contribution in [2.24, 2.45) is 0 Å². The number of nitrogens with zero attached hydrogens (tertiary/aromatic N) is 4. The topological polar surface area (TPSA) is 70.0 Å². The first-order valence-corrected chi connectivity index (χ1v) is 11.6. The highest BCUT2D eigenvalue weighted by atomic mass is 16.2. The Morgan fingerprint density at radius 2 is 1.56 bits per heavy atom. The third-order valence-corrected chi connectivity index (χ3v) is 6.25. The molecule has 7 nitrogen and oxygen atoms in total. The summed E-state index contributed by atoms with van der Waals surface area (Å²) >= 11 is 0. The minimum absolute atomic E-state index is 0.0750. The van der Waals surface area contributed by atoms with Gasteiger partial charge in [-0.05, 0) is 60.5 Å². The molecule has 1 saturated heterocycles. The van der Waals surface area contributed by atoms with Gasteiger partial charge in [0.2, 0.25) is 0 Å². The number of hydrogen-bond acceptors (Lipinski definition) is 4. The highest BCUT2D eigenvalue weighted by molar-refractivity contribution is 5.95. The molecule has 4 heterocycles. The fourth-order valence-corrected chi connectivity index (χ4v) is 4.35. The van der Waals surface area contributed by atoms with E-state index in [0.29, 0.717) is 25.2 Å². The Bertz CT molecular complexity index is 1280. The maximum Gasteiger partial charge on any atom is 0.253 e. The van der Waals surface area contributed by atoms with E-state index in [4.69, 9.17) is 0 Å². The van der Waals surface area contributed by atoms with Crippen molar-refractivity contribution in [1.29, 1.82) is 0 Å². The second-order valence-electron chi connectivity index (χ2n) is 8.41. The molecular formula is C27H27N5O2. The molecule has 0 saturated carbocycles. The number of hydrogen-bond donors (Lipinski definition) is 1. The predicted octanol–water partition coefficient (Wildman–Crippen LogP) is 3.27. The summed E-state index contributed by atoms with van der Waals surface area (Å²) < 4.78 is 2.06. The van der Waals surface area contributed by atoms with E-state index in [-0.39, 0.29) is 11.8 Å². The quantitative estimate of drug-likeness (QED) is 0.487. The van der Waals surface area contributed by atoms with E-state index in [0.717, 1.165) is 42.0 Å². The van der Waals surface area contributed by atoms with Crippen LogP contribution in [0.4, 0.5) is 5.82 Å². The molecule has 0 aliphatic carbocycles. The summed E-state index contributed by atoms with van der Waals surface area (Å²) in [7, 11) is 0. The summed E-state index contributed by atoms with van der Waals surface area (Å²) in [6.45, 7) is 3.38. The zero-order valence-corrected chi connectivity index (χ0v) is 18.9. The number of pyridine rings is 2. The van der Waals surface area contributed by atoms with E-state index in [1.165, 1.54) is 0 Å². The van der Waals surface area contributed by atoms with Gasteiger partial charge >= 0.3 is 0 Å². The number of piperazine rings is 1. The third-order valence-electron chi connectivity index (χ3n) is 6.25. The van der Waals surface area contributed by atoms with Crippen LogP contribution in [0.3, 0.4) is 0 Å². The smallest absolute Gasteiger partial charge is 0.253 e. The highest BCUT2D eigenvalue weighted by Gasteiger charge is 2.23. The lowest BCUT2D eigenvalue weighted by molar-refractivity contribution is 0.0746. The summed E-state index contributed by atoms with van der Waals surface area (Å²) in [4.78, 5) is 33.7. The molecule has 4 aromatic rings. The molecule has 1 fully saturated rings. The average Bonchev–Trinajstić information content (AvgIpc) is 3.33. The van der Waals surface area contributed by atoms with Gasteiger partial charge in [-0.2, -0.15) is 0 Å². The van der Waals surface area contributed by atoms with Gasteiger partial charge in [-0.3, -0.25) is 14.6 Å². The van der Waals surface area contributed by atoms with Crippen molar-refractivity contribution in [2.45, 2.75) is 6.42 Å². The fraction of sp³-hybridized carbons (Fsp3) is 0.222. The van der Waals surface area contributed by atoms with E-state index in [9.17, 15) is 9.59 Å². The molecule has 0 spiro atoms. The van der Waals surface area contributed by atoms with E-state index >= 15 is 0 Å². The molecular weight excluding hydrogens is 426 g/mol. The van der Waals surface area contributed by atoms with Gasteiger partial charge in [0.1, 0.15) is 5.82 Å². The zero-order valence-electron chi connectivity index (χ0n) is 18.9. The van der Waals surface area contributed by atoms with Crippen molar-refractivity contribution in [3.63, 3.8) is 0 Å². The second kappa shape index (κ2) is 9.79. The minimum atomic E-state index is -0.0890. The Morgan fingerprint density at radius 1 is 0.824 bits per heavy atom. The molecule has 1 aliphatic rings. The molecule has 0 unspecified atom stereocenters. The normalized spacial score (nSPS) is 13.8. The van der Waals surface area contributed by atoms with Crippen LogP contribution >= 0.6 is 0 Å². The number of rotatable bonds is 6. The molecule has 1 aliphatic heterocycles. The predicted molar refractivity (Wildman–Crippen MR) is 132 cm³/mol. The molecule has 2 amide bonds. The summed E-state index contributed by atoms with van der Waals surface area (Å²) in [5, 5.41) is 3.01. The number of aromatic nitrogens is 2. The molecule has 0 bridgehead atoms. The number of carbonyl (C=O) groups is 2. The largest absolute Gasteiger partial charge is 0.354 e. The summed E-state index contributed by atoms with van der Waals surface area (Å²) in [6.07, 6.45) is 6.18. The fourth-order valence-electron chi connectivity index (χ4n) is 4.35. The molecule has 1 N–H and O–H groups in total. The van der Waals surface area contributed by atoms with Crippen LogP contribution in [0.1, 0.15) is 26.3 Å². The first-order chi connectivity index (χ1) is 16.7. The van der Waals surface area contributed by atoms with Crippen LogP contribution in [0.25, 0.3) is 5.52 Å². The van der Waals surface area contributed by atoms with Crippen LogP contribution in [0.15, 0.2) is 85.3 Å². The van der Waals surface area contributed by atoms with Crippen molar-refractivity contribution in [2.75, 3.05) is 37.6 Å². The molecule has 1 aromatic carbocycles. The van der Waals surface area contributed by atoms with Gasteiger partial charge in [-0.15, -0.1) is 0 Å². The molecule has 0 atom stereocenters. The van der Waals surface area contributed by atoms with Crippen LogP contribution in [0.5, 0.6) is 0 Å². The van der Waals surface area contributed by atoms with Gasteiger partial charge in [0.15, 0.2) is 0 Å². The lowest BCUT2D eigenvalue weighted by Gasteiger charge is -2.36. The molecule has 3 aromatic heterocycles. The molecule has 5 rings (SSSR count). The number of amides is 2. The summed E-state index contributed by atoms with van der Waals surface area (Å²) in [6, 6.07) is 21.3. The van der Waals surface area contributed by atoms with Crippen molar-refractivity contribution in [1.82, 2.24) is 19.6 Å². The lowest BCUT2D eigenvalue weighted by atomic mass is 10.2. The lowest BCUT2D eigenvalue weighted by Crippen LogP contribution is -2.49. The minimum Gasteiger partial charge on any atom is -0.354 e. The van der Waals surface area contributed by atoms with E-state index in [1.54, 1.807) is 12.4 Å². The van der Waals surface area contributed by atoms with E-state index in [1.807, 2.05) is 65.7 Å². The highest BCUT2D eigenvalue weighted by Crippen LogP contribution is 2.22. The van der Waals surface area contributed by atoms with E-state index < -0.39 is 0 Å². The van der Waals surface area contributed by atoms with Gasteiger partial charge in [0.25, 0.3) is 11.8 Å². The SMILES string of the molecule is O=C(NCCc1ccncc1)c1ccc2ccc(N3CCN(C(=O)c4ccccc4)CC3)n2c1. The van der Waals surface area contributed by atoms with Crippen LogP contribution in [0.2, 0.25) is 0 Å². The number of carbonyl (C=O) groups excluding carboxylic acids is 2. The van der Waals surface area contributed by atoms with Crippen LogP contribution in [-0.4, -0.2) is 58.8 Å². The molecule has 0 radical (unpaired) electrons. The Balaban J connectivity index is 1.23. The number of nitrogens with one attached hydrogen (secondary N) is 1. The standard InChI is InChI=1S/C27H27N5O2/c33-26(29-15-12-21-10-13-28-14-11-21)23-6-7-24-8-9-25(32(24)20-23)30-16-18-31(19-17-30)27(34)22-4-2-1-3-5-22/h1-11,13-14,20H,12,15-19H2,(H,29,33). The second-order valence-corrected chi connectivity index (χ2v) is 8.41. The Kier molecular flexibility index (Phi) is 6.25. The molecule has 7 heteroatoms. The van der Waals surface area contributed by atoms with Gasteiger partial charge in [0, 0.05) is 62.4 Å². The van der Waals surface area contributed by atoms with Crippen LogP contribution < -0.4 is 10.2 Å². The van der Waals surface area contributed by atoms with Gasteiger partial charge in [-0.25, -0.2) is 0 Å². The van der Waals surface area contributed by atoms with Crippen molar-refractivity contribution in [3.8, 4) is 0 Å². The number of anilines is 1. The summed E-state index contributed by atoms with van der Waals surface area (Å²) in [5.74, 6) is 1.02. The maximum absolute atomic E-state index is 12.8. The van der Waals surface area contributed by atoms with E-state index in [2.05, 4.69) is 31.7 Å². The summed E-state index contributed by atoms with van der Waals surface area (Å²) in [5.41, 5.74) is 3.52. The number of benzene rings is 1. The van der Waals surface area contributed by atoms with Crippen molar-refractivity contribution >= 4 is 23.1 Å². The van der Waals surface area contributed by atoms with Gasteiger partial charge in [-0.1, -0.05) is 18.2 Å². The number of fused-ring (bicyclic) bond motifs is 1. The van der Waals surface area contributed by atoms with Crippen molar-refractivity contribution in [3.05, 3.63) is 102 Å². The van der Waals surface area contributed by atoms with Gasteiger partial charge < -0.3 is 19.5 Å². The van der Waals surface area contributed by atoms with Crippen LogP contribution in [0, 0.1) is 0 Å². The Morgan fingerprint density at radius 3 is 2.32 bits per heavy atom. The maximum atomic E-state index is 12.8. The Labute approximate surface area is 198 Å². The first kappa shape index (κ1) is 21.7. The van der Waals surface area contributed by atoms with Gasteiger partial charge in [0.05, 0.1) is 5.56 Å². The molecule has 172 valence electrons.